The second-order valence-corrected chi connectivity index (χ2v) is 7.35. The molecule has 6 nitrogen and oxygen atoms in total. The summed E-state index contributed by atoms with van der Waals surface area (Å²) in [5.74, 6) is 0.944. The second kappa shape index (κ2) is 9.41. The third kappa shape index (κ3) is 5.23. The lowest BCUT2D eigenvalue weighted by molar-refractivity contribution is -0.131. The molecule has 0 atom stereocenters. The van der Waals surface area contributed by atoms with Crippen LogP contribution < -0.4 is 15.0 Å². The van der Waals surface area contributed by atoms with Crippen LogP contribution >= 0.6 is 11.3 Å². The van der Waals surface area contributed by atoms with Gasteiger partial charge in [-0.1, -0.05) is 6.07 Å². The molecule has 0 bridgehead atoms. The van der Waals surface area contributed by atoms with Crippen LogP contribution in [-0.2, 0) is 4.79 Å². The summed E-state index contributed by atoms with van der Waals surface area (Å²) in [6.45, 7) is 3.63. The molecule has 0 spiro atoms. The smallest absolute Gasteiger partial charge is 0.261 e. The van der Waals surface area contributed by atoms with E-state index in [1.165, 1.54) is 11.3 Å². The third-order valence-electron chi connectivity index (χ3n) is 4.67. The molecule has 1 saturated heterocycles. The average Bonchev–Trinajstić information content (AvgIpc) is 3.26. The van der Waals surface area contributed by atoms with E-state index in [1.807, 2.05) is 40.6 Å². The minimum absolute atomic E-state index is 0.0643. The molecule has 1 aromatic carbocycles. The maximum atomic E-state index is 12.4. The highest BCUT2D eigenvalue weighted by atomic mass is 32.1. The van der Waals surface area contributed by atoms with Crippen molar-refractivity contribution in [1.82, 2.24) is 10.2 Å². The number of piperazine rings is 1. The molecule has 3 rings (SSSR count). The average molecular weight is 388 g/mol. The predicted octanol–water partition coefficient (Wildman–Crippen LogP) is 2.62. The van der Waals surface area contributed by atoms with Gasteiger partial charge in [0.15, 0.2) is 0 Å². The molecule has 2 aromatic rings. The van der Waals surface area contributed by atoms with Gasteiger partial charge in [-0.25, -0.2) is 0 Å². The molecular weight excluding hydrogens is 362 g/mol. The Kier molecular flexibility index (Phi) is 6.70. The molecular formula is C20H25N3O3S. The van der Waals surface area contributed by atoms with Gasteiger partial charge in [0.25, 0.3) is 5.91 Å². The summed E-state index contributed by atoms with van der Waals surface area (Å²) < 4.78 is 5.19. The quantitative estimate of drug-likeness (QED) is 0.742. The van der Waals surface area contributed by atoms with E-state index >= 15 is 0 Å². The van der Waals surface area contributed by atoms with E-state index < -0.39 is 0 Å². The zero-order valence-corrected chi connectivity index (χ0v) is 16.3. The first-order valence-electron chi connectivity index (χ1n) is 9.16. The van der Waals surface area contributed by atoms with Crippen molar-refractivity contribution in [1.29, 1.82) is 0 Å². The molecule has 0 radical (unpaired) electrons. The Bertz CT molecular complexity index is 738. The van der Waals surface area contributed by atoms with E-state index in [9.17, 15) is 9.59 Å². The highest BCUT2D eigenvalue weighted by Gasteiger charge is 2.21. The van der Waals surface area contributed by atoms with Gasteiger partial charge in [0, 0.05) is 44.8 Å². The third-order valence-corrected chi connectivity index (χ3v) is 5.54. The summed E-state index contributed by atoms with van der Waals surface area (Å²) >= 11 is 1.42. The number of anilines is 1. The number of nitrogens with one attached hydrogen (secondary N) is 1. The lowest BCUT2D eigenvalue weighted by Crippen LogP contribution is -2.48. The number of carbonyl (C=O) groups excluding carboxylic acids is 2. The van der Waals surface area contributed by atoms with Crippen LogP contribution in [0.4, 0.5) is 5.69 Å². The van der Waals surface area contributed by atoms with Gasteiger partial charge in [0.2, 0.25) is 5.91 Å². The first kappa shape index (κ1) is 19.2. The second-order valence-electron chi connectivity index (χ2n) is 6.40. The number of nitrogens with zero attached hydrogens (tertiary/aromatic N) is 2. The van der Waals surface area contributed by atoms with Crippen LogP contribution in [0, 0.1) is 0 Å². The molecule has 2 heterocycles. The molecule has 1 fully saturated rings. The standard InChI is InChI=1S/C20H25N3O3S/c1-26-17-8-6-16(7-9-17)22-11-13-23(14-12-22)19(24)5-2-10-21-20(25)18-4-3-15-27-18/h3-4,6-9,15H,2,5,10-14H2,1H3,(H,21,25). The van der Waals surface area contributed by atoms with Crippen molar-refractivity contribution in [2.75, 3.05) is 44.7 Å². The maximum absolute atomic E-state index is 12.4. The first-order valence-corrected chi connectivity index (χ1v) is 10.0. The van der Waals surface area contributed by atoms with E-state index in [2.05, 4.69) is 10.2 Å². The summed E-state index contributed by atoms with van der Waals surface area (Å²) in [5, 5.41) is 4.74. The van der Waals surface area contributed by atoms with Crippen LogP contribution in [0.2, 0.25) is 0 Å². The topological polar surface area (TPSA) is 61.9 Å². The van der Waals surface area contributed by atoms with Crippen LogP contribution in [0.5, 0.6) is 5.75 Å². The van der Waals surface area contributed by atoms with Gasteiger partial charge in [0.1, 0.15) is 5.75 Å². The van der Waals surface area contributed by atoms with Gasteiger partial charge in [-0.15, -0.1) is 11.3 Å². The van der Waals surface area contributed by atoms with Crippen LogP contribution in [0.25, 0.3) is 0 Å². The molecule has 1 aromatic heterocycles. The summed E-state index contributed by atoms with van der Waals surface area (Å²) in [6, 6.07) is 11.7. The van der Waals surface area contributed by atoms with Gasteiger partial charge < -0.3 is 19.9 Å². The fourth-order valence-electron chi connectivity index (χ4n) is 3.10. The molecule has 1 aliphatic rings. The monoisotopic (exact) mass is 387 g/mol. The number of benzene rings is 1. The van der Waals surface area contributed by atoms with Gasteiger partial charge in [-0.3, -0.25) is 9.59 Å². The Morgan fingerprint density at radius 2 is 1.85 bits per heavy atom. The summed E-state index contributed by atoms with van der Waals surface area (Å²) in [4.78, 5) is 29.1. The van der Waals surface area contributed by atoms with E-state index in [0.717, 1.165) is 37.6 Å². The van der Waals surface area contributed by atoms with Crippen molar-refractivity contribution in [2.24, 2.45) is 0 Å². The summed E-state index contributed by atoms with van der Waals surface area (Å²) in [5.41, 5.74) is 1.15. The molecule has 7 heteroatoms. The molecule has 0 unspecified atom stereocenters. The highest BCUT2D eigenvalue weighted by Crippen LogP contribution is 2.20. The maximum Gasteiger partial charge on any atom is 0.261 e. The Morgan fingerprint density at radius 1 is 1.11 bits per heavy atom. The SMILES string of the molecule is COc1ccc(N2CCN(C(=O)CCCNC(=O)c3cccs3)CC2)cc1. The summed E-state index contributed by atoms with van der Waals surface area (Å²) in [7, 11) is 1.66. The van der Waals surface area contributed by atoms with Gasteiger partial charge in [-0.05, 0) is 42.1 Å². The number of carbonyl (C=O) groups is 2. The van der Waals surface area contributed by atoms with Crippen molar-refractivity contribution in [3.8, 4) is 5.75 Å². The van der Waals surface area contributed by atoms with Crippen LogP contribution in [0.3, 0.4) is 0 Å². The minimum atomic E-state index is -0.0643. The molecule has 2 amide bonds. The number of ether oxygens (including phenoxy) is 1. The zero-order valence-electron chi connectivity index (χ0n) is 15.5. The van der Waals surface area contributed by atoms with Crippen LogP contribution in [-0.4, -0.2) is 56.5 Å². The molecule has 27 heavy (non-hydrogen) atoms. The van der Waals surface area contributed by atoms with E-state index in [1.54, 1.807) is 13.2 Å². The first-order chi connectivity index (χ1) is 13.2. The largest absolute Gasteiger partial charge is 0.497 e. The normalized spacial score (nSPS) is 14.1. The zero-order chi connectivity index (χ0) is 19.1. The molecule has 144 valence electrons. The van der Waals surface area contributed by atoms with Crippen LogP contribution in [0.1, 0.15) is 22.5 Å². The Labute approximate surface area is 163 Å². The van der Waals surface area contributed by atoms with E-state index in [-0.39, 0.29) is 11.8 Å². The van der Waals surface area contributed by atoms with Crippen molar-refractivity contribution >= 4 is 28.8 Å². The van der Waals surface area contributed by atoms with Crippen molar-refractivity contribution in [2.45, 2.75) is 12.8 Å². The van der Waals surface area contributed by atoms with E-state index in [4.69, 9.17) is 4.74 Å². The molecule has 0 aliphatic carbocycles. The fourth-order valence-corrected chi connectivity index (χ4v) is 3.74. The Morgan fingerprint density at radius 3 is 2.48 bits per heavy atom. The highest BCUT2D eigenvalue weighted by molar-refractivity contribution is 7.12. The summed E-state index contributed by atoms with van der Waals surface area (Å²) in [6.07, 6.45) is 1.13. The van der Waals surface area contributed by atoms with Crippen molar-refractivity contribution in [3.05, 3.63) is 46.7 Å². The number of thiophene rings is 1. The lowest BCUT2D eigenvalue weighted by atomic mass is 10.2. The van der Waals surface area contributed by atoms with Gasteiger partial charge >= 0.3 is 0 Å². The van der Waals surface area contributed by atoms with Crippen molar-refractivity contribution < 1.29 is 14.3 Å². The van der Waals surface area contributed by atoms with Gasteiger partial charge in [-0.2, -0.15) is 0 Å². The lowest BCUT2D eigenvalue weighted by Gasteiger charge is -2.36. The van der Waals surface area contributed by atoms with Crippen LogP contribution in [0.15, 0.2) is 41.8 Å². The Hall–Kier alpha value is -2.54. The Balaban J connectivity index is 1.36. The van der Waals surface area contributed by atoms with E-state index in [0.29, 0.717) is 24.3 Å². The number of rotatable bonds is 7. The molecule has 1 aliphatic heterocycles. The number of hydrogen-bond donors (Lipinski definition) is 1. The number of methoxy groups -OCH3 is 1. The molecule has 1 N–H and O–H groups in total. The fraction of sp³-hybridized carbons (Fsp3) is 0.400. The molecule has 0 saturated carbocycles. The minimum Gasteiger partial charge on any atom is -0.497 e. The number of hydrogen-bond acceptors (Lipinski definition) is 5. The number of amides is 2. The van der Waals surface area contributed by atoms with Crippen molar-refractivity contribution in [3.63, 3.8) is 0 Å². The predicted molar refractivity (Wildman–Crippen MR) is 108 cm³/mol. The van der Waals surface area contributed by atoms with Gasteiger partial charge in [0.05, 0.1) is 12.0 Å².